The van der Waals surface area contributed by atoms with E-state index in [1.807, 2.05) is 18.7 Å². The third kappa shape index (κ3) is 5.82. The van der Waals surface area contributed by atoms with Crippen molar-refractivity contribution in [1.82, 2.24) is 25.3 Å². The van der Waals surface area contributed by atoms with Gasteiger partial charge in [-0.15, -0.1) is 24.0 Å². The van der Waals surface area contributed by atoms with Crippen molar-refractivity contribution in [3.63, 3.8) is 0 Å². The maximum Gasteiger partial charge on any atom is 0.191 e. The molecule has 0 bridgehead atoms. The molecule has 0 unspecified atom stereocenters. The van der Waals surface area contributed by atoms with Crippen LogP contribution < -0.4 is 10.6 Å². The van der Waals surface area contributed by atoms with Crippen LogP contribution in [0.15, 0.2) is 4.99 Å². The van der Waals surface area contributed by atoms with Gasteiger partial charge < -0.3 is 15.4 Å². The summed E-state index contributed by atoms with van der Waals surface area (Å²) < 4.78 is 7.37. The Morgan fingerprint density at radius 1 is 1.24 bits per heavy atom. The van der Waals surface area contributed by atoms with E-state index in [4.69, 9.17) is 4.74 Å². The van der Waals surface area contributed by atoms with Crippen molar-refractivity contribution < 1.29 is 4.74 Å². The van der Waals surface area contributed by atoms with Gasteiger partial charge in [0.2, 0.25) is 0 Å². The molecular formula is C17H33IN6O. The van der Waals surface area contributed by atoms with Gasteiger partial charge in [0.05, 0.1) is 18.9 Å². The second kappa shape index (κ2) is 9.72. The first-order chi connectivity index (χ1) is 11.3. The molecule has 0 atom stereocenters. The molecule has 0 aromatic carbocycles. The van der Waals surface area contributed by atoms with Crippen molar-refractivity contribution in [2.45, 2.75) is 39.8 Å². The molecule has 2 heterocycles. The predicted octanol–water partition coefficient (Wildman–Crippen LogP) is 1.43. The smallest absolute Gasteiger partial charge is 0.191 e. The maximum absolute atomic E-state index is 5.45. The van der Waals surface area contributed by atoms with E-state index in [2.05, 4.69) is 46.4 Å². The molecule has 0 amide bonds. The summed E-state index contributed by atoms with van der Waals surface area (Å²) in [5.74, 6) is 0.819. The highest BCUT2D eigenvalue weighted by molar-refractivity contribution is 14.0. The second-order valence-electron chi connectivity index (χ2n) is 6.96. The number of hydrogen-bond acceptors (Lipinski definition) is 4. The molecule has 7 nitrogen and oxygen atoms in total. The highest BCUT2D eigenvalue weighted by Crippen LogP contribution is 2.15. The summed E-state index contributed by atoms with van der Waals surface area (Å²) in [6, 6.07) is 0. The van der Waals surface area contributed by atoms with E-state index in [0.29, 0.717) is 0 Å². The van der Waals surface area contributed by atoms with E-state index in [-0.39, 0.29) is 29.5 Å². The van der Waals surface area contributed by atoms with Crippen molar-refractivity contribution in [2.24, 2.45) is 12.0 Å². The number of aryl methyl sites for hydroxylation is 2. The zero-order valence-corrected chi connectivity index (χ0v) is 18.7. The van der Waals surface area contributed by atoms with E-state index in [1.165, 1.54) is 11.3 Å². The average molecular weight is 464 g/mol. The largest absolute Gasteiger partial charge is 0.379 e. The number of nitrogens with zero attached hydrogens (tertiary/aromatic N) is 4. The second-order valence-corrected chi connectivity index (χ2v) is 6.96. The van der Waals surface area contributed by atoms with Crippen LogP contribution in [0.1, 0.15) is 30.8 Å². The molecule has 1 fully saturated rings. The fraction of sp³-hybridized carbons (Fsp3) is 0.765. The lowest BCUT2D eigenvalue weighted by molar-refractivity contribution is -0.00834. The first kappa shape index (κ1) is 22.2. The molecule has 0 radical (unpaired) electrons. The summed E-state index contributed by atoms with van der Waals surface area (Å²) in [5, 5.41) is 11.3. The first-order valence-corrected chi connectivity index (χ1v) is 8.61. The van der Waals surface area contributed by atoms with Crippen molar-refractivity contribution in [2.75, 3.05) is 39.9 Å². The SMILES string of the molecule is CN=C(NCc1c(C)nn(C)c1C)NCC(C)(C)N1CCOCC1.I. The molecule has 0 saturated carbocycles. The van der Waals surface area contributed by atoms with Gasteiger partial charge in [0.15, 0.2) is 5.96 Å². The number of morpholine rings is 1. The fourth-order valence-electron chi connectivity index (χ4n) is 3.05. The number of halogens is 1. The molecule has 8 heteroatoms. The number of hydrogen-bond donors (Lipinski definition) is 2. The van der Waals surface area contributed by atoms with Gasteiger partial charge in [0.1, 0.15) is 0 Å². The predicted molar refractivity (Wildman–Crippen MR) is 113 cm³/mol. The average Bonchev–Trinajstić information content (AvgIpc) is 2.81. The lowest BCUT2D eigenvalue weighted by atomic mass is 10.0. The van der Waals surface area contributed by atoms with Gasteiger partial charge in [-0.05, 0) is 27.7 Å². The van der Waals surface area contributed by atoms with Crippen LogP contribution in [0.2, 0.25) is 0 Å². The Morgan fingerprint density at radius 3 is 2.40 bits per heavy atom. The monoisotopic (exact) mass is 464 g/mol. The third-order valence-electron chi connectivity index (χ3n) is 4.87. The third-order valence-corrected chi connectivity index (χ3v) is 4.87. The summed E-state index contributed by atoms with van der Waals surface area (Å²) in [7, 11) is 3.78. The molecule has 25 heavy (non-hydrogen) atoms. The van der Waals surface area contributed by atoms with E-state index in [1.54, 1.807) is 7.05 Å². The molecule has 1 aromatic rings. The molecule has 0 spiro atoms. The Labute approximate surface area is 168 Å². The number of rotatable bonds is 5. The molecule has 2 rings (SSSR count). The zero-order chi connectivity index (χ0) is 17.7. The van der Waals surface area contributed by atoms with Crippen LogP contribution in [0.25, 0.3) is 0 Å². The van der Waals surface area contributed by atoms with Gasteiger partial charge in [-0.25, -0.2) is 0 Å². The molecule has 144 valence electrons. The molecule has 1 aromatic heterocycles. The Bertz CT molecular complexity index is 578. The fourth-order valence-corrected chi connectivity index (χ4v) is 3.05. The van der Waals surface area contributed by atoms with Crippen LogP contribution in [0, 0.1) is 13.8 Å². The number of ether oxygens (including phenoxy) is 1. The van der Waals surface area contributed by atoms with Crippen LogP contribution in [0.5, 0.6) is 0 Å². The number of guanidine groups is 1. The van der Waals surface area contributed by atoms with E-state index >= 15 is 0 Å². The van der Waals surface area contributed by atoms with E-state index in [9.17, 15) is 0 Å². The Kier molecular flexibility index (Phi) is 8.62. The molecule has 1 saturated heterocycles. The van der Waals surface area contributed by atoms with Gasteiger partial charge in [0.25, 0.3) is 0 Å². The number of aromatic nitrogens is 2. The standard InChI is InChI=1S/C17H32N6O.HI/c1-13-15(14(2)22(6)21-13)11-19-16(18-5)20-12-17(3,4)23-7-9-24-10-8-23;/h7-12H2,1-6H3,(H2,18,19,20);1H. The van der Waals surface area contributed by atoms with E-state index in [0.717, 1.165) is 51.0 Å². The Hall–Kier alpha value is -0.870. The van der Waals surface area contributed by atoms with Crippen molar-refractivity contribution in [1.29, 1.82) is 0 Å². The van der Waals surface area contributed by atoms with Gasteiger partial charge in [-0.1, -0.05) is 0 Å². The van der Waals surface area contributed by atoms with Crippen molar-refractivity contribution in [3.8, 4) is 0 Å². The van der Waals surface area contributed by atoms with Crippen molar-refractivity contribution in [3.05, 3.63) is 17.0 Å². The minimum absolute atomic E-state index is 0. The van der Waals surface area contributed by atoms with Gasteiger partial charge in [-0.3, -0.25) is 14.6 Å². The van der Waals surface area contributed by atoms with Gasteiger partial charge >= 0.3 is 0 Å². The van der Waals surface area contributed by atoms with Gasteiger partial charge in [0, 0.05) is 57.1 Å². The summed E-state index contributed by atoms with van der Waals surface area (Å²) >= 11 is 0. The normalized spacial score (nSPS) is 16.5. The first-order valence-electron chi connectivity index (χ1n) is 8.61. The summed E-state index contributed by atoms with van der Waals surface area (Å²) in [6.45, 7) is 13.8. The summed E-state index contributed by atoms with van der Waals surface area (Å²) in [6.07, 6.45) is 0. The molecular weight excluding hydrogens is 431 g/mol. The minimum Gasteiger partial charge on any atom is -0.379 e. The summed E-state index contributed by atoms with van der Waals surface area (Å²) in [4.78, 5) is 6.81. The Balaban J connectivity index is 0.00000312. The molecule has 0 aliphatic carbocycles. The topological polar surface area (TPSA) is 66.7 Å². The van der Waals surface area contributed by atoms with Crippen LogP contribution in [-0.2, 0) is 18.3 Å². The summed E-state index contributed by atoms with van der Waals surface area (Å²) in [5.41, 5.74) is 3.53. The zero-order valence-electron chi connectivity index (χ0n) is 16.3. The minimum atomic E-state index is 0. The lowest BCUT2D eigenvalue weighted by Crippen LogP contribution is -2.56. The highest BCUT2D eigenvalue weighted by Gasteiger charge is 2.28. The number of nitrogens with one attached hydrogen (secondary N) is 2. The number of aliphatic imine (C=N–C) groups is 1. The molecule has 1 aliphatic rings. The highest BCUT2D eigenvalue weighted by atomic mass is 127. The lowest BCUT2D eigenvalue weighted by Gasteiger charge is -2.41. The molecule has 1 aliphatic heterocycles. The maximum atomic E-state index is 5.45. The Morgan fingerprint density at radius 2 is 1.88 bits per heavy atom. The van der Waals surface area contributed by atoms with Crippen LogP contribution >= 0.6 is 24.0 Å². The molecule has 2 N–H and O–H groups in total. The van der Waals surface area contributed by atoms with E-state index < -0.39 is 0 Å². The van der Waals surface area contributed by atoms with Gasteiger partial charge in [-0.2, -0.15) is 5.10 Å². The van der Waals surface area contributed by atoms with Crippen LogP contribution in [0.4, 0.5) is 0 Å². The van der Waals surface area contributed by atoms with Crippen LogP contribution in [0.3, 0.4) is 0 Å². The van der Waals surface area contributed by atoms with Crippen LogP contribution in [-0.4, -0.2) is 66.1 Å². The van der Waals surface area contributed by atoms with Crippen molar-refractivity contribution >= 4 is 29.9 Å². The quantitative estimate of drug-likeness (QED) is 0.392.